The first-order valence-corrected chi connectivity index (χ1v) is 11.5. The highest BCUT2D eigenvalue weighted by Crippen LogP contribution is 2.40. The van der Waals surface area contributed by atoms with E-state index in [1.54, 1.807) is 0 Å². The number of rotatable bonds is 7. The highest BCUT2D eigenvalue weighted by molar-refractivity contribution is 6.46. The van der Waals surface area contributed by atoms with Gasteiger partial charge in [-0.1, -0.05) is 12.1 Å². The van der Waals surface area contributed by atoms with Gasteiger partial charge < -0.3 is 19.6 Å². The van der Waals surface area contributed by atoms with Gasteiger partial charge in [-0.15, -0.1) is 0 Å². The van der Waals surface area contributed by atoms with Crippen molar-refractivity contribution in [3.8, 4) is 0 Å². The number of halogens is 1. The maximum absolute atomic E-state index is 13.4. The number of carbonyl (C=O) groups excluding carboxylic acids is 2. The van der Waals surface area contributed by atoms with Gasteiger partial charge in [0.25, 0.3) is 11.7 Å². The lowest BCUT2D eigenvalue weighted by atomic mass is 9.95. The fourth-order valence-corrected chi connectivity index (χ4v) is 4.64. The molecule has 0 radical (unpaired) electrons. The zero-order valence-electron chi connectivity index (χ0n) is 19.0. The molecule has 2 aliphatic rings. The van der Waals surface area contributed by atoms with Crippen LogP contribution in [0.4, 0.5) is 10.1 Å². The molecule has 2 unspecified atom stereocenters. The van der Waals surface area contributed by atoms with Gasteiger partial charge in [-0.2, -0.15) is 0 Å². The van der Waals surface area contributed by atoms with Crippen LogP contribution >= 0.6 is 0 Å². The lowest BCUT2D eigenvalue weighted by molar-refractivity contribution is -0.140. The van der Waals surface area contributed by atoms with Crippen molar-refractivity contribution in [2.75, 3.05) is 31.1 Å². The number of hydrogen-bond donors (Lipinski definition) is 1. The quantitative estimate of drug-likeness (QED) is 0.386. The molecule has 0 aromatic heterocycles. The van der Waals surface area contributed by atoms with Crippen molar-refractivity contribution in [2.24, 2.45) is 0 Å². The van der Waals surface area contributed by atoms with Crippen LogP contribution in [0.5, 0.6) is 0 Å². The van der Waals surface area contributed by atoms with Gasteiger partial charge in [0.2, 0.25) is 0 Å². The van der Waals surface area contributed by atoms with Crippen molar-refractivity contribution in [1.29, 1.82) is 0 Å². The Morgan fingerprint density at radius 1 is 1.09 bits per heavy atom. The van der Waals surface area contributed by atoms with E-state index < -0.39 is 23.5 Å². The fourth-order valence-electron chi connectivity index (χ4n) is 4.64. The first-order chi connectivity index (χ1) is 15.9. The molecule has 0 spiro atoms. The van der Waals surface area contributed by atoms with Crippen LogP contribution in [0.1, 0.15) is 43.9 Å². The predicted octanol–water partition coefficient (Wildman–Crippen LogP) is 4.27. The molecule has 2 fully saturated rings. The number of aliphatic hydroxyl groups is 1. The largest absolute Gasteiger partial charge is 0.507 e. The maximum Gasteiger partial charge on any atom is 0.295 e. The van der Waals surface area contributed by atoms with E-state index in [0.717, 1.165) is 37.2 Å². The molecule has 6 nitrogen and oxygen atoms in total. The molecule has 2 aliphatic heterocycles. The van der Waals surface area contributed by atoms with E-state index in [-0.39, 0.29) is 29.5 Å². The van der Waals surface area contributed by atoms with E-state index in [1.807, 2.05) is 24.3 Å². The van der Waals surface area contributed by atoms with Gasteiger partial charge >= 0.3 is 0 Å². The third-order valence-corrected chi connectivity index (χ3v) is 6.42. The number of Topliss-reactive ketones (excluding diaryl/α,β-unsaturated/α-hetero) is 1. The second-order valence-corrected chi connectivity index (χ2v) is 8.36. The number of ketones is 1. The number of anilines is 1. The molecule has 2 atom stereocenters. The number of carbonyl (C=O) groups is 2. The topological polar surface area (TPSA) is 70.1 Å². The molecule has 2 heterocycles. The summed E-state index contributed by atoms with van der Waals surface area (Å²) in [6, 6.07) is 12.2. The summed E-state index contributed by atoms with van der Waals surface area (Å²) in [4.78, 5) is 29.8. The smallest absolute Gasteiger partial charge is 0.295 e. The third-order valence-electron chi connectivity index (χ3n) is 6.42. The number of ether oxygens (including phenoxy) is 1. The summed E-state index contributed by atoms with van der Waals surface area (Å²) < 4.78 is 19.1. The van der Waals surface area contributed by atoms with E-state index in [9.17, 15) is 19.1 Å². The summed E-state index contributed by atoms with van der Waals surface area (Å²) in [6.45, 7) is 6.78. The van der Waals surface area contributed by atoms with E-state index in [0.29, 0.717) is 6.61 Å². The van der Waals surface area contributed by atoms with Crippen LogP contribution in [-0.4, -0.2) is 54.0 Å². The van der Waals surface area contributed by atoms with Gasteiger partial charge in [0.05, 0.1) is 17.7 Å². The van der Waals surface area contributed by atoms with Crippen molar-refractivity contribution in [3.05, 3.63) is 71.0 Å². The summed E-state index contributed by atoms with van der Waals surface area (Å²) in [7, 11) is 0. The average Bonchev–Trinajstić information content (AvgIpc) is 3.43. The fraction of sp³-hybridized carbons (Fsp3) is 0.385. The van der Waals surface area contributed by atoms with E-state index in [4.69, 9.17) is 4.74 Å². The van der Waals surface area contributed by atoms with Crippen LogP contribution in [0, 0.1) is 5.82 Å². The number of benzene rings is 2. The van der Waals surface area contributed by atoms with Crippen molar-refractivity contribution in [2.45, 2.75) is 38.8 Å². The molecule has 0 bridgehead atoms. The van der Waals surface area contributed by atoms with Gasteiger partial charge in [-0.25, -0.2) is 4.39 Å². The molecule has 0 saturated carbocycles. The summed E-state index contributed by atoms with van der Waals surface area (Å²) in [5, 5.41) is 11.0. The van der Waals surface area contributed by atoms with E-state index in [2.05, 4.69) is 18.7 Å². The van der Waals surface area contributed by atoms with Crippen molar-refractivity contribution < 1.29 is 23.8 Å². The molecule has 174 valence electrons. The highest BCUT2D eigenvalue weighted by Gasteiger charge is 2.47. The van der Waals surface area contributed by atoms with Crippen LogP contribution in [0.15, 0.2) is 54.1 Å². The summed E-state index contributed by atoms with van der Waals surface area (Å²) in [5.41, 5.74) is 2.07. The monoisotopic (exact) mass is 452 g/mol. The van der Waals surface area contributed by atoms with Crippen LogP contribution < -0.4 is 4.90 Å². The Kier molecular flexibility index (Phi) is 6.79. The molecule has 2 aromatic carbocycles. The molecule has 1 amide bonds. The molecule has 2 saturated heterocycles. The Bertz CT molecular complexity index is 1040. The average molecular weight is 453 g/mol. The number of nitrogens with zero attached hydrogens (tertiary/aromatic N) is 2. The Hall–Kier alpha value is -3.19. The second-order valence-electron chi connectivity index (χ2n) is 8.36. The van der Waals surface area contributed by atoms with Crippen LogP contribution in [0.25, 0.3) is 5.76 Å². The molecular formula is C26H29FN2O4. The van der Waals surface area contributed by atoms with Crippen LogP contribution in [0.3, 0.4) is 0 Å². The van der Waals surface area contributed by atoms with Gasteiger partial charge in [0.15, 0.2) is 0 Å². The molecule has 33 heavy (non-hydrogen) atoms. The minimum absolute atomic E-state index is 0.0141. The van der Waals surface area contributed by atoms with Crippen molar-refractivity contribution in [3.63, 3.8) is 0 Å². The Labute approximate surface area is 193 Å². The van der Waals surface area contributed by atoms with Gasteiger partial charge in [-0.05, 0) is 68.7 Å². The Balaban J connectivity index is 1.78. The van der Waals surface area contributed by atoms with Crippen LogP contribution in [0.2, 0.25) is 0 Å². The lowest BCUT2D eigenvalue weighted by Crippen LogP contribution is -2.36. The first kappa shape index (κ1) is 23.0. The van der Waals surface area contributed by atoms with Gasteiger partial charge in [-0.3, -0.25) is 9.59 Å². The van der Waals surface area contributed by atoms with Gasteiger partial charge in [0.1, 0.15) is 11.6 Å². The van der Waals surface area contributed by atoms with E-state index in [1.165, 1.54) is 29.2 Å². The minimum atomic E-state index is -0.745. The lowest BCUT2D eigenvalue weighted by Gasteiger charge is -2.28. The van der Waals surface area contributed by atoms with E-state index >= 15 is 0 Å². The number of likely N-dealkylation sites (tertiary alicyclic amines) is 1. The summed E-state index contributed by atoms with van der Waals surface area (Å²) >= 11 is 0. The minimum Gasteiger partial charge on any atom is -0.507 e. The SMILES string of the molecule is CCN(CC)c1ccc(C2/C(=C(\O)c3ccc(F)cc3)C(=O)C(=O)N2CC2CCCO2)cc1. The summed E-state index contributed by atoms with van der Waals surface area (Å²) in [6.07, 6.45) is 1.58. The molecule has 1 N–H and O–H groups in total. The number of aliphatic hydroxyl groups excluding tert-OH is 1. The second kappa shape index (κ2) is 9.75. The van der Waals surface area contributed by atoms with Gasteiger partial charge in [0, 0.05) is 37.5 Å². The third kappa shape index (κ3) is 4.50. The number of hydrogen-bond acceptors (Lipinski definition) is 5. The van der Waals surface area contributed by atoms with Crippen molar-refractivity contribution in [1.82, 2.24) is 4.90 Å². The predicted molar refractivity (Wildman–Crippen MR) is 124 cm³/mol. The zero-order chi connectivity index (χ0) is 23.5. The molecular weight excluding hydrogens is 423 g/mol. The number of amides is 1. The Morgan fingerprint density at radius 3 is 2.33 bits per heavy atom. The molecule has 0 aliphatic carbocycles. The van der Waals surface area contributed by atoms with Crippen molar-refractivity contribution >= 4 is 23.1 Å². The molecule has 7 heteroatoms. The molecule has 4 rings (SSSR count). The first-order valence-electron chi connectivity index (χ1n) is 11.5. The molecule has 2 aromatic rings. The maximum atomic E-state index is 13.4. The highest BCUT2D eigenvalue weighted by atomic mass is 19.1. The zero-order valence-corrected chi connectivity index (χ0v) is 19.0. The summed E-state index contributed by atoms with van der Waals surface area (Å²) in [5.74, 6) is -2.16. The standard InChI is InChI=1S/C26H29FN2O4/c1-3-28(4-2)20-13-9-17(10-14-20)23-22(24(30)18-7-11-19(27)12-8-18)25(31)26(32)29(23)16-21-6-5-15-33-21/h7-14,21,23,30H,3-6,15-16H2,1-2H3/b24-22+. The van der Waals surface area contributed by atoms with Crippen LogP contribution in [-0.2, 0) is 14.3 Å². The normalized spacial score (nSPS) is 22.2. The Morgan fingerprint density at radius 2 is 1.76 bits per heavy atom.